The van der Waals surface area contributed by atoms with Gasteiger partial charge in [0.1, 0.15) is 0 Å². The third-order valence-electron chi connectivity index (χ3n) is 2.85. The Hall–Kier alpha value is -2.76. The average Bonchev–Trinajstić information content (AvgIpc) is 2.48. The molecule has 0 aliphatic heterocycles. The molecule has 20 heavy (non-hydrogen) atoms. The van der Waals surface area contributed by atoms with Crippen LogP contribution in [0.5, 0.6) is 0 Å². The molecule has 0 saturated heterocycles. The van der Waals surface area contributed by atoms with Gasteiger partial charge in [0.25, 0.3) is 0 Å². The summed E-state index contributed by atoms with van der Waals surface area (Å²) in [5.74, 6) is 0. The molecule has 0 saturated carbocycles. The molecule has 0 amide bonds. The van der Waals surface area contributed by atoms with Crippen LogP contribution in [0.3, 0.4) is 0 Å². The van der Waals surface area contributed by atoms with Gasteiger partial charge in [-0.2, -0.15) is 0 Å². The minimum absolute atomic E-state index is 0.449. The van der Waals surface area contributed by atoms with Gasteiger partial charge in [-0.3, -0.25) is 0 Å². The Kier molecular flexibility index (Phi) is 4.77. The second-order valence-electron chi connectivity index (χ2n) is 4.06. The predicted molar refractivity (Wildman–Crippen MR) is 81.5 cm³/mol. The van der Waals surface area contributed by atoms with E-state index < -0.39 is 0 Å². The second kappa shape index (κ2) is 6.98. The Balaban J connectivity index is 2.30. The van der Waals surface area contributed by atoms with E-state index in [4.69, 9.17) is 10.4 Å². The fourth-order valence-corrected chi connectivity index (χ4v) is 2.01. The molecule has 2 rings (SSSR count). The average molecular weight is 272 g/mol. The second-order valence-corrected chi connectivity index (χ2v) is 4.06. The Morgan fingerprint density at radius 3 is 1.65 bits per heavy atom. The van der Waals surface area contributed by atoms with Crippen molar-refractivity contribution in [2.45, 2.75) is 0 Å². The molecule has 0 radical (unpaired) electrons. The summed E-state index contributed by atoms with van der Waals surface area (Å²) < 4.78 is 0. The Bertz CT molecular complexity index is 570. The summed E-state index contributed by atoms with van der Waals surface area (Å²) in [6.07, 6.45) is 2.78. The van der Waals surface area contributed by atoms with Crippen molar-refractivity contribution in [1.29, 1.82) is 0 Å². The lowest BCUT2D eigenvalue weighted by molar-refractivity contribution is 0.321. The van der Waals surface area contributed by atoms with E-state index in [1.807, 2.05) is 36.4 Å². The smallest absolute Gasteiger partial charge is 0.0627 e. The minimum atomic E-state index is 0.449. The first-order chi connectivity index (χ1) is 9.86. The van der Waals surface area contributed by atoms with Gasteiger partial charge in [0.2, 0.25) is 0 Å². The lowest BCUT2D eigenvalue weighted by Crippen LogP contribution is -2.05. The standard InChI is InChI=1S/C14H16N4O2/c19-17-9-7-15-13-5-1-3-11-12(13)4-2-6-14(11)16-8-10-18-20/h1-6,9-10,15-16,19-20H,7-8H2/b17-9-,18-10+. The Labute approximate surface area is 116 Å². The molecule has 6 heteroatoms. The Morgan fingerprint density at radius 1 is 0.800 bits per heavy atom. The number of rotatable bonds is 6. The van der Waals surface area contributed by atoms with Gasteiger partial charge in [-0.1, -0.05) is 24.3 Å². The zero-order chi connectivity index (χ0) is 14.2. The van der Waals surface area contributed by atoms with Crippen molar-refractivity contribution in [3.63, 3.8) is 0 Å². The number of anilines is 2. The molecule has 6 nitrogen and oxygen atoms in total. The first kappa shape index (κ1) is 13.7. The number of fused-ring (bicyclic) bond motifs is 1. The molecule has 0 aliphatic carbocycles. The third kappa shape index (κ3) is 3.17. The van der Waals surface area contributed by atoms with Gasteiger partial charge in [0.15, 0.2) is 0 Å². The first-order valence-corrected chi connectivity index (χ1v) is 6.18. The van der Waals surface area contributed by atoms with Crippen LogP contribution in [0.25, 0.3) is 10.8 Å². The predicted octanol–water partition coefficient (Wildman–Crippen LogP) is 2.58. The van der Waals surface area contributed by atoms with Gasteiger partial charge in [0.05, 0.1) is 25.5 Å². The van der Waals surface area contributed by atoms with E-state index in [-0.39, 0.29) is 0 Å². The van der Waals surface area contributed by atoms with Crippen molar-refractivity contribution in [3.05, 3.63) is 36.4 Å². The van der Waals surface area contributed by atoms with Crippen LogP contribution in [0.1, 0.15) is 0 Å². The van der Waals surface area contributed by atoms with Gasteiger partial charge in [-0.15, -0.1) is 10.3 Å². The fraction of sp³-hybridized carbons (Fsp3) is 0.143. The van der Waals surface area contributed by atoms with Crippen molar-refractivity contribution in [2.75, 3.05) is 23.7 Å². The summed E-state index contributed by atoms with van der Waals surface area (Å²) in [6, 6.07) is 11.9. The van der Waals surface area contributed by atoms with Gasteiger partial charge in [-0.25, -0.2) is 0 Å². The summed E-state index contributed by atoms with van der Waals surface area (Å²) in [5, 5.41) is 31.2. The lowest BCUT2D eigenvalue weighted by Gasteiger charge is -2.11. The molecule has 0 aliphatic rings. The Morgan fingerprint density at radius 2 is 1.25 bits per heavy atom. The molecular weight excluding hydrogens is 256 g/mol. The molecule has 0 unspecified atom stereocenters. The SMILES string of the molecule is O/N=C\CNc1cccc2c(NC/C=N/O)cccc12. The maximum Gasteiger partial charge on any atom is 0.0627 e. The summed E-state index contributed by atoms with van der Waals surface area (Å²) in [7, 11) is 0. The third-order valence-corrected chi connectivity index (χ3v) is 2.85. The quantitative estimate of drug-likeness (QED) is 0.369. The number of oxime groups is 2. The molecule has 0 bridgehead atoms. The monoisotopic (exact) mass is 272 g/mol. The van der Waals surface area contributed by atoms with E-state index in [1.54, 1.807) is 0 Å². The molecule has 0 fully saturated rings. The van der Waals surface area contributed by atoms with Crippen LogP contribution < -0.4 is 10.6 Å². The van der Waals surface area contributed by atoms with Crippen LogP contribution in [0.2, 0.25) is 0 Å². The van der Waals surface area contributed by atoms with Gasteiger partial charge < -0.3 is 21.0 Å². The zero-order valence-corrected chi connectivity index (χ0v) is 10.8. The summed E-state index contributed by atoms with van der Waals surface area (Å²) >= 11 is 0. The molecule has 0 heterocycles. The van der Waals surface area contributed by atoms with Gasteiger partial charge in [0, 0.05) is 22.1 Å². The summed E-state index contributed by atoms with van der Waals surface area (Å²) in [5.41, 5.74) is 1.92. The fourth-order valence-electron chi connectivity index (χ4n) is 2.01. The van der Waals surface area contributed by atoms with Crippen molar-refractivity contribution in [1.82, 2.24) is 0 Å². The number of nitrogens with one attached hydrogen (secondary N) is 2. The number of nitrogens with zero attached hydrogens (tertiary/aromatic N) is 2. The molecule has 0 atom stereocenters. The van der Waals surface area contributed by atoms with Crippen LogP contribution in [-0.4, -0.2) is 35.9 Å². The van der Waals surface area contributed by atoms with Gasteiger partial charge in [-0.05, 0) is 12.1 Å². The van der Waals surface area contributed by atoms with Crippen molar-refractivity contribution < 1.29 is 10.4 Å². The molecule has 4 N–H and O–H groups in total. The number of hydrogen-bond acceptors (Lipinski definition) is 6. The highest BCUT2D eigenvalue weighted by molar-refractivity contribution is 6.02. The minimum Gasteiger partial charge on any atom is -0.411 e. The normalized spacial score (nSPS) is 11.4. The van der Waals surface area contributed by atoms with Crippen LogP contribution in [-0.2, 0) is 0 Å². The van der Waals surface area contributed by atoms with Crippen LogP contribution >= 0.6 is 0 Å². The van der Waals surface area contributed by atoms with Crippen LogP contribution in [0.4, 0.5) is 11.4 Å². The summed E-state index contributed by atoms with van der Waals surface area (Å²) in [4.78, 5) is 0. The first-order valence-electron chi connectivity index (χ1n) is 6.18. The number of benzene rings is 2. The van der Waals surface area contributed by atoms with Crippen molar-refractivity contribution in [2.24, 2.45) is 10.3 Å². The molecule has 2 aromatic rings. The number of hydrogen-bond donors (Lipinski definition) is 4. The molecule has 0 aromatic heterocycles. The van der Waals surface area contributed by atoms with E-state index in [9.17, 15) is 0 Å². The highest BCUT2D eigenvalue weighted by atomic mass is 16.4. The van der Waals surface area contributed by atoms with Crippen LogP contribution in [0.15, 0.2) is 46.7 Å². The van der Waals surface area contributed by atoms with E-state index >= 15 is 0 Å². The lowest BCUT2D eigenvalue weighted by atomic mass is 10.1. The molecule has 104 valence electrons. The van der Waals surface area contributed by atoms with Gasteiger partial charge >= 0.3 is 0 Å². The summed E-state index contributed by atoms with van der Waals surface area (Å²) in [6.45, 7) is 0.898. The van der Waals surface area contributed by atoms with E-state index in [1.165, 1.54) is 12.4 Å². The molecule has 2 aromatic carbocycles. The van der Waals surface area contributed by atoms with E-state index in [0.717, 1.165) is 22.1 Å². The van der Waals surface area contributed by atoms with Crippen molar-refractivity contribution in [3.8, 4) is 0 Å². The highest BCUT2D eigenvalue weighted by Gasteiger charge is 2.03. The molecular formula is C14H16N4O2. The van der Waals surface area contributed by atoms with E-state index in [2.05, 4.69) is 20.9 Å². The van der Waals surface area contributed by atoms with E-state index in [0.29, 0.717) is 13.1 Å². The maximum absolute atomic E-state index is 8.41. The zero-order valence-electron chi connectivity index (χ0n) is 10.8. The van der Waals surface area contributed by atoms with Crippen LogP contribution in [0, 0.1) is 0 Å². The highest BCUT2D eigenvalue weighted by Crippen LogP contribution is 2.28. The largest absolute Gasteiger partial charge is 0.411 e. The topological polar surface area (TPSA) is 89.2 Å². The maximum atomic E-state index is 8.41. The van der Waals surface area contributed by atoms with Crippen molar-refractivity contribution >= 4 is 34.6 Å². The molecule has 0 spiro atoms.